The van der Waals surface area contributed by atoms with Crippen molar-refractivity contribution >= 4 is 7.69 Å². The Morgan fingerprint density at radius 3 is 2.53 bits per heavy atom. The van der Waals surface area contributed by atoms with Crippen LogP contribution in [0.5, 0.6) is 5.75 Å². The van der Waals surface area contributed by atoms with Gasteiger partial charge in [-0.15, -0.1) is 0 Å². The Morgan fingerprint density at radius 1 is 1.40 bits per heavy atom. The van der Waals surface area contributed by atoms with Gasteiger partial charge in [0, 0.05) is 6.07 Å². The van der Waals surface area contributed by atoms with Crippen LogP contribution in [0.3, 0.4) is 0 Å². The molecule has 0 aromatic heterocycles. The first-order valence-corrected chi connectivity index (χ1v) is 4.83. The highest BCUT2D eigenvalue weighted by Crippen LogP contribution is 2.24. The summed E-state index contributed by atoms with van der Waals surface area (Å²) in [5, 5.41) is 8.40. The molecule has 0 bridgehead atoms. The average molecular weight is 209 g/mol. The van der Waals surface area contributed by atoms with Crippen molar-refractivity contribution in [1.29, 1.82) is 0 Å². The summed E-state index contributed by atoms with van der Waals surface area (Å²) >= 11 is 0. The summed E-state index contributed by atoms with van der Waals surface area (Å²) in [7, 11) is 0.540. The third-order valence-corrected chi connectivity index (χ3v) is 1.93. The predicted octanol–water partition coefficient (Wildman–Crippen LogP) is 2.32. The van der Waals surface area contributed by atoms with Gasteiger partial charge in [0.15, 0.2) is 0 Å². The van der Waals surface area contributed by atoms with Gasteiger partial charge in [0.1, 0.15) is 11.6 Å². The first kappa shape index (κ1) is 12.0. The van der Waals surface area contributed by atoms with Crippen LogP contribution in [0, 0.1) is 11.2 Å². The Bertz CT molecular complexity index is 334. The molecule has 4 heteroatoms. The van der Waals surface area contributed by atoms with Crippen LogP contribution in [0.1, 0.15) is 26.3 Å². The minimum Gasteiger partial charge on any atom is -0.537 e. The molecule has 0 aliphatic carbocycles. The molecule has 0 unspecified atom stereocenters. The minimum atomic E-state index is -0.302. The van der Waals surface area contributed by atoms with Gasteiger partial charge in [0.2, 0.25) is 0 Å². The Kier molecular flexibility index (Phi) is 3.74. The van der Waals surface area contributed by atoms with E-state index in [1.165, 1.54) is 6.07 Å². The molecule has 0 atom stereocenters. The van der Waals surface area contributed by atoms with Gasteiger partial charge in [0.25, 0.3) is 0 Å². The summed E-state index contributed by atoms with van der Waals surface area (Å²) in [6, 6.07) is 4.59. The van der Waals surface area contributed by atoms with E-state index in [1.807, 2.05) is 0 Å². The van der Waals surface area contributed by atoms with Gasteiger partial charge in [-0.3, -0.25) is 0 Å². The normalized spacial score (nSPS) is 11.3. The Hall–Kier alpha value is -1.03. The lowest BCUT2D eigenvalue weighted by Crippen LogP contribution is -2.10. The van der Waals surface area contributed by atoms with Gasteiger partial charge in [0.05, 0.1) is 0 Å². The SMILES string of the molecule is CC(C)(C)Cc1ccc(O[B]O)cc1F. The summed E-state index contributed by atoms with van der Waals surface area (Å²) in [5.74, 6) is -0.00284. The van der Waals surface area contributed by atoms with Gasteiger partial charge >= 0.3 is 7.69 Å². The zero-order valence-electron chi connectivity index (χ0n) is 9.25. The summed E-state index contributed by atoms with van der Waals surface area (Å²) in [6.45, 7) is 6.16. The van der Waals surface area contributed by atoms with Crippen molar-refractivity contribution in [3.63, 3.8) is 0 Å². The van der Waals surface area contributed by atoms with Crippen molar-refractivity contribution in [3.05, 3.63) is 29.6 Å². The average Bonchev–Trinajstić information content (AvgIpc) is 2.08. The third-order valence-electron chi connectivity index (χ3n) is 1.93. The maximum atomic E-state index is 13.5. The van der Waals surface area contributed by atoms with Gasteiger partial charge in [-0.1, -0.05) is 26.8 Å². The fourth-order valence-electron chi connectivity index (χ4n) is 1.38. The van der Waals surface area contributed by atoms with E-state index in [-0.39, 0.29) is 11.2 Å². The fraction of sp³-hybridized carbons (Fsp3) is 0.455. The van der Waals surface area contributed by atoms with Gasteiger partial charge in [-0.05, 0) is 23.5 Å². The van der Waals surface area contributed by atoms with E-state index in [0.29, 0.717) is 25.4 Å². The number of rotatable bonds is 3. The van der Waals surface area contributed by atoms with E-state index in [0.717, 1.165) is 0 Å². The predicted molar refractivity (Wildman–Crippen MR) is 58.2 cm³/mol. The number of hydrogen-bond donors (Lipinski definition) is 1. The highest BCUT2D eigenvalue weighted by atomic mass is 19.1. The molecule has 0 fully saturated rings. The first-order chi connectivity index (χ1) is 6.92. The Balaban J connectivity index is 2.84. The summed E-state index contributed by atoms with van der Waals surface area (Å²) in [6.07, 6.45) is 0.669. The van der Waals surface area contributed by atoms with Crippen LogP contribution in [0.25, 0.3) is 0 Å². The maximum Gasteiger partial charge on any atom is 0.569 e. The second kappa shape index (κ2) is 4.66. The topological polar surface area (TPSA) is 29.5 Å². The largest absolute Gasteiger partial charge is 0.569 e. The second-order valence-electron chi connectivity index (χ2n) is 4.71. The third kappa shape index (κ3) is 3.92. The fourth-order valence-corrected chi connectivity index (χ4v) is 1.38. The van der Waals surface area contributed by atoms with Gasteiger partial charge < -0.3 is 9.68 Å². The highest BCUT2D eigenvalue weighted by Gasteiger charge is 2.14. The molecule has 1 aromatic rings. The maximum absolute atomic E-state index is 13.5. The van der Waals surface area contributed by atoms with Crippen LogP contribution in [0.2, 0.25) is 0 Å². The lowest BCUT2D eigenvalue weighted by molar-refractivity contribution is 0.400. The van der Waals surface area contributed by atoms with E-state index in [2.05, 4.69) is 25.4 Å². The van der Waals surface area contributed by atoms with Crippen LogP contribution in [-0.2, 0) is 6.42 Å². The first-order valence-electron chi connectivity index (χ1n) is 4.83. The lowest BCUT2D eigenvalue weighted by atomic mass is 9.88. The van der Waals surface area contributed by atoms with E-state index in [4.69, 9.17) is 5.02 Å². The molecule has 1 radical (unpaired) electrons. The Labute approximate surface area is 90.4 Å². The number of hydrogen-bond acceptors (Lipinski definition) is 2. The molecule has 0 saturated carbocycles. The van der Waals surface area contributed by atoms with E-state index in [9.17, 15) is 4.39 Å². The van der Waals surface area contributed by atoms with Gasteiger partial charge in [-0.25, -0.2) is 4.39 Å². The smallest absolute Gasteiger partial charge is 0.537 e. The van der Waals surface area contributed by atoms with Crippen LogP contribution in [0.15, 0.2) is 18.2 Å². The summed E-state index contributed by atoms with van der Waals surface area (Å²) in [4.78, 5) is 0. The molecular formula is C11H15BFO2. The van der Waals surface area contributed by atoms with E-state index >= 15 is 0 Å². The van der Waals surface area contributed by atoms with Crippen LogP contribution in [-0.4, -0.2) is 12.7 Å². The van der Waals surface area contributed by atoms with Crippen molar-refractivity contribution in [3.8, 4) is 5.75 Å². The molecule has 81 valence electrons. The van der Waals surface area contributed by atoms with Crippen molar-refractivity contribution in [1.82, 2.24) is 0 Å². The molecule has 2 nitrogen and oxygen atoms in total. The second-order valence-corrected chi connectivity index (χ2v) is 4.71. The standard InChI is InChI=1S/C11H15BFO2/c1-11(2,3)7-8-4-5-9(15-12-14)6-10(8)13/h4-6,14H,7H2,1-3H3. The zero-order chi connectivity index (χ0) is 11.5. The molecule has 0 saturated heterocycles. The van der Waals surface area contributed by atoms with Crippen molar-refractivity contribution in [2.45, 2.75) is 27.2 Å². The highest BCUT2D eigenvalue weighted by molar-refractivity contribution is 6.17. The van der Waals surface area contributed by atoms with E-state index < -0.39 is 0 Å². The molecular weight excluding hydrogens is 194 g/mol. The monoisotopic (exact) mass is 209 g/mol. The van der Waals surface area contributed by atoms with Gasteiger partial charge in [-0.2, -0.15) is 0 Å². The van der Waals surface area contributed by atoms with E-state index in [1.54, 1.807) is 12.1 Å². The van der Waals surface area contributed by atoms with Crippen molar-refractivity contribution < 1.29 is 14.1 Å². The lowest BCUT2D eigenvalue weighted by Gasteiger charge is -2.18. The molecule has 0 heterocycles. The minimum absolute atomic E-state index is 0.0479. The molecule has 0 aliphatic heterocycles. The van der Waals surface area contributed by atoms with Crippen molar-refractivity contribution in [2.24, 2.45) is 5.41 Å². The quantitative estimate of drug-likeness (QED) is 0.774. The summed E-state index contributed by atoms with van der Waals surface area (Å²) < 4.78 is 18.2. The molecule has 0 spiro atoms. The van der Waals surface area contributed by atoms with Crippen molar-refractivity contribution in [2.75, 3.05) is 0 Å². The molecule has 0 aliphatic rings. The Morgan fingerprint density at radius 2 is 2.07 bits per heavy atom. The molecule has 1 N–H and O–H groups in total. The summed E-state index contributed by atoms with van der Waals surface area (Å²) in [5.41, 5.74) is 0.708. The zero-order valence-corrected chi connectivity index (χ0v) is 9.25. The van der Waals surface area contributed by atoms with Crippen LogP contribution in [0.4, 0.5) is 4.39 Å². The number of halogens is 1. The number of benzene rings is 1. The molecule has 1 aromatic carbocycles. The molecule has 15 heavy (non-hydrogen) atoms. The van der Waals surface area contributed by atoms with Crippen LogP contribution < -0.4 is 4.65 Å². The molecule has 0 amide bonds. The molecule has 1 rings (SSSR count). The van der Waals surface area contributed by atoms with Crippen LogP contribution >= 0.6 is 0 Å².